The van der Waals surface area contributed by atoms with Gasteiger partial charge in [-0.1, -0.05) is 18.2 Å². The Morgan fingerprint density at radius 1 is 1.19 bits per heavy atom. The molecule has 1 fully saturated rings. The molecule has 2 aromatic rings. The van der Waals surface area contributed by atoms with Crippen LogP contribution in [0.2, 0.25) is 0 Å². The first-order valence-corrected chi connectivity index (χ1v) is 9.72. The lowest BCUT2D eigenvalue weighted by Gasteiger charge is -2.19. The molecule has 0 saturated carbocycles. The molecule has 8 heteroatoms. The number of para-hydroxylation sites is 1. The van der Waals surface area contributed by atoms with Gasteiger partial charge in [0, 0.05) is 30.3 Å². The Bertz CT molecular complexity index is 840. The molecule has 3 rings (SSSR count). The number of aliphatic imine (C=N–C) groups is 1. The highest BCUT2D eigenvalue weighted by Crippen LogP contribution is 2.31. The standard InChI is InChI=1S/C19H18F4N2OS/c1-13-10-15(20)16(11-17(13)27(26)12-19(21,22)23)24-18-8-5-9-25(18)14-6-3-2-4-7-14/h2-4,6-7,10-11H,5,8-9,12H2,1H3/b24-18+. The number of nitrogens with zero attached hydrogens (tertiary/aromatic N) is 2. The van der Waals surface area contributed by atoms with Gasteiger partial charge in [-0.2, -0.15) is 13.2 Å². The molecule has 27 heavy (non-hydrogen) atoms. The van der Waals surface area contributed by atoms with Crippen LogP contribution in [-0.4, -0.2) is 28.9 Å². The predicted molar refractivity (Wildman–Crippen MR) is 98.6 cm³/mol. The second-order valence-electron chi connectivity index (χ2n) is 6.29. The summed E-state index contributed by atoms with van der Waals surface area (Å²) >= 11 is -2.31. The van der Waals surface area contributed by atoms with Gasteiger partial charge in [0.15, 0.2) is 4.90 Å². The molecule has 3 nitrogen and oxygen atoms in total. The second-order valence-corrected chi connectivity index (χ2v) is 7.71. The smallest absolute Gasteiger partial charge is 0.433 e. The fourth-order valence-corrected chi connectivity index (χ4v) is 4.11. The van der Waals surface area contributed by atoms with E-state index in [2.05, 4.69) is 4.99 Å². The Labute approximate surface area is 157 Å². The number of alkyl halides is 3. The van der Waals surface area contributed by atoms with Crippen LogP contribution in [0.15, 0.2) is 52.4 Å². The normalized spacial score (nSPS) is 17.6. The zero-order valence-electron chi connectivity index (χ0n) is 14.6. The van der Waals surface area contributed by atoms with E-state index in [9.17, 15) is 22.1 Å². The van der Waals surface area contributed by atoms with Crippen LogP contribution in [0.5, 0.6) is 0 Å². The van der Waals surface area contributed by atoms with Crippen LogP contribution in [0.4, 0.5) is 28.9 Å². The molecule has 0 spiro atoms. The first-order valence-electron chi connectivity index (χ1n) is 8.40. The summed E-state index contributed by atoms with van der Waals surface area (Å²) in [7, 11) is 0. The monoisotopic (exact) mass is 398 g/mol. The maximum absolute atomic E-state index is 14.4. The minimum atomic E-state index is -4.56. The molecule has 0 radical (unpaired) electrons. The van der Waals surface area contributed by atoms with E-state index in [1.165, 1.54) is 13.0 Å². The molecule has 0 aromatic heterocycles. The number of benzene rings is 2. The Balaban J connectivity index is 1.94. The lowest BCUT2D eigenvalue weighted by atomic mass is 10.2. The van der Waals surface area contributed by atoms with Gasteiger partial charge in [-0.25, -0.2) is 9.38 Å². The molecule has 1 aliphatic rings. The van der Waals surface area contributed by atoms with E-state index in [-0.39, 0.29) is 16.1 Å². The fourth-order valence-electron chi connectivity index (χ4n) is 3.00. The van der Waals surface area contributed by atoms with Crippen molar-refractivity contribution in [1.29, 1.82) is 0 Å². The number of hydrogen-bond acceptors (Lipinski definition) is 2. The van der Waals surface area contributed by atoms with Crippen molar-refractivity contribution in [2.45, 2.75) is 30.8 Å². The summed E-state index contributed by atoms with van der Waals surface area (Å²) in [6.07, 6.45) is -3.09. The van der Waals surface area contributed by atoms with Gasteiger partial charge >= 0.3 is 6.18 Å². The molecule has 0 aliphatic carbocycles. The fraction of sp³-hybridized carbons (Fsp3) is 0.316. The summed E-state index contributed by atoms with van der Waals surface area (Å²) in [6.45, 7) is 2.17. The third-order valence-electron chi connectivity index (χ3n) is 4.20. The van der Waals surface area contributed by atoms with Crippen molar-refractivity contribution in [2.24, 2.45) is 4.99 Å². The zero-order valence-corrected chi connectivity index (χ0v) is 15.4. The number of rotatable bonds is 4. The van der Waals surface area contributed by atoms with Crippen molar-refractivity contribution in [3.05, 3.63) is 53.8 Å². The van der Waals surface area contributed by atoms with E-state index in [0.29, 0.717) is 12.3 Å². The first-order chi connectivity index (χ1) is 12.7. The van der Waals surface area contributed by atoms with E-state index in [0.717, 1.165) is 24.7 Å². The number of anilines is 1. The molecule has 1 saturated heterocycles. The third kappa shape index (κ3) is 4.81. The van der Waals surface area contributed by atoms with Gasteiger partial charge in [0.25, 0.3) is 0 Å². The molecular formula is C19H18F4N2OS. The van der Waals surface area contributed by atoms with Gasteiger partial charge < -0.3 is 9.45 Å². The van der Waals surface area contributed by atoms with E-state index < -0.39 is 28.9 Å². The molecule has 1 aliphatic heterocycles. The highest BCUT2D eigenvalue weighted by molar-refractivity contribution is 7.91. The Morgan fingerprint density at radius 2 is 1.89 bits per heavy atom. The van der Waals surface area contributed by atoms with Crippen LogP contribution < -0.4 is 4.90 Å². The van der Waals surface area contributed by atoms with Crippen LogP contribution in [0, 0.1) is 12.7 Å². The first kappa shape index (κ1) is 19.7. The lowest BCUT2D eigenvalue weighted by Crippen LogP contribution is -2.24. The average Bonchev–Trinajstić information content (AvgIpc) is 3.04. The zero-order chi connectivity index (χ0) is 19.6. The van der Waals surface area contributed by atoms with Crippen LogP contribution in [0.3, 0.4) is 0 Å². The summed E-state index contributed by atoms with van der Waals surface area (Å²) in [5.41, 5.74) is 1.04. The van der Waals surface area contributed by atoms with Gasteiger partial charge in [0.05, 0.1) is 0 Å². The van der Waals surface area contributed by atoms with Gasteiger partial charge in [-0.3, -0.25) is 0 Å². The van der Waals surface area contributed by atoms with Crippen LogP contribution in [0.1, 0.15) is 18.4 Å². The van der Waals surface area contributed by atoms with Crippen molar-refractivity contribution in [3.8, 4) is 0 Å². The SMILES string of the molecule is Cc1cc(F)c(/N=C2\CCCN2c2ccccc2)cc1[S+]([O-])CC(F)(F)F. The molecule has 1 heterocycles. The third-order valence-corrected chi connectivity index (χ3v) is 5.72. The van der Waals surface area contributed by atoms with E-state index in [1.807, 2.05) is 35.2 Å². The average molecular weight is 398 g/mol. The summed E-state index contributed by atoms with van der Waals surface area (Å²) in [5.74, 6) is -1.48. The van der Waals surface area contributed by atoms with Crippen molar-refractivity contribution >= 4 is 28.4 Å². The molecule has 0 amide bonds. The number of aryl methyl sites for hydroxylation is 1. The van der Waals surface area contributed by atoms with E-state index in [4.69, 9.17) is 0 Å². The molecule has 2 aromatic carbocycles. The van der Waals surface area contributed by atoms with Gasteiger partial charge in [-0.05, 0) is 42.7 Å². The van der Waals surface area contributed by atoms with Gasteiger partial charge in [0.1, 0.15) is 17.3 Å². The Hall–Kier alpha value is -2.06. The molecule has 0 bridgehead atoms. The molecule has 1 atom stereocenters. The second kappa shape index (κ2) is 7.90. The van der Waals surface area contributed by atoms with Gasteiger partial charge in [-0.15, -0.1) is 0 Å². The number of amidine groups is 1. The van der Waals surface area contributed by atoms with Crippen molar-refractivity contribution < 1.29 is 22.1 Å². The largest absolute Gasteiger partial charge is 0.611 e. The summed E-state index contributed by atoms with van der Waals surface area (Å²) in [6, 6.07) is 11.7. The highest BCUT2D eigenvalue weighted by atomic mass is 32.2. The van der Waals surface area contributed by atoms with E-state index >= 15 is 0 Å². The summed E-state index contributed by atoms with van der Waals surface area (Å²) < 4.78 is 64.2. The maximum atomic E-state index is 14.4. The van der Waals surface area contributed by atoms with Crippen molar-refractivity contribution in [1.82, 2.24) is 0 Å². The van der Waals surface area contributed by atoms with Crippen LogP contribution >= 0.6 is 0 Å². The molecule has 144 valence electrons. The molecule has 1 unspecified atom stereocenters. The minimum absolute atomic E-state index is 0.0441. The molecular weight excluding hydrogens is 380 g/mol. The number of hydrogen-bond donors (Lipinski definition) is 0. The van der Waals surface area contributed by atoms with Crippen LogP contribution in [0.25, 0.3) is 0 Å². The summed E-state index contributed by atoms with van der Waals surface area (Å²) in [4.78, 5) is 6.25. The molecule has 0 N–H and O–H groups in total. The summed E-state index contributed by atoms with van der Waals surface area (Å²) in [5, 5.41) is 0. The minimum Gasteiger partial charge on any atom is -0.611 e. The Kier molecular flexibility index (Phi) is 5.76. The Morgan fingerprint density at radius 3 is 2.56 bits per heavy atom. The van der Waals surface area contributed by atoms with Crippen molar-refractivity contribution in [3.63, 3.8) is 0 Å². The van der Waals surface area contributed by atoms with Crippen LogP contribution in [-0.2, 0) is 11.2 Å². The lowest BCUT2D eigenvalue weighted by molar-refractivity contribution is -0.106. The maximum Gasteiger partial charge on any atom is 0.433 e. The highest BCUT2D eigenvalue weighted by Gasteiger charge is 2.36. The van der Waals surface area contributed by atoms with Gasteiger partial charge in [0.2, 0.25) is 5.75 Å². The predicted octanol–water partition coefficient (Wildman–Crippen LogP) is 5.13. The topological polar surface area (TPSA) is 38.7 Å². The van der Waals surface area contributed by atoms with Crippen molar-refractivity contribution in [2.75, 3.05) is 17.2 Å². The van der Waals surface area contributed by atoms with E-state index in [1.54, 1.807) is 0 Å². The number of halogens is 4. The quantitative estimate of drug-likeness (QED) is 0.529.